The number of rotatable bonds is 4. The van der Waals surface area contributed by atoms with Gasteiger partial charge < -0.3 is 4.74 Å². The Morgan fingerprint density at radius 1 is 1.10 bits per heavy atom. The average Bonchev–Trinajstić information content (AvgIpc) is 2.89. The number of likely N-dealkylation sites (tertiary alicyclic amines) is 1. The van der Waals surface area contributed by atoms with Crippen molar-refractivity contribution in [3.8, 4) is 5.75 Å². The number of hydrogen-bond acceptors (Lipinski definition) is 2. The van der Waals surface area contributed by atoms with Crippen molar-refractivity contribution in [3.63, 3.8) is 0 Å². The first-order valence-electron chi connectivity index (χ1n) is 7.32. The van der Waals surface area contributed by atoms with Crippen LogP contribution in [0.15, 0.2) is 54.6 Å². The number of alkyl halides is 1. The van der Waals surface area contributed by atoms with Crippen LogP contribution >= 0.6 is 22.6 Å². The monoisotopic (exact) mass is 393 g/mol. The van der Waals surface area contributed by atoms with Gasteiger partial charge in [0.2, 0.25) is 0 Å². The van der Waals surface area contributed by atoms with Crippen LogP contribution in [0.5, 0.6) is 5.75 Å². The number of nitrogens with zero attached hydrogens (tertiary/aromatic N) is 1. The summed E-state index contributed by atoms with van der Waals surface area (Å²) in [6, 6.07) is 19.8. The molecule has 0 aromatic heterocycles. The summed E-state index contributed by atoms with van der Waals surface area (Å²) in [5.41, 5.74) is 2.78. The largest absolute Gasteiger partial charge is 0.497 e. The minimum Gasteiger partial charge on any atom is -0.497 e. The highest BCUT2D eigenvalue weighted by molar-refractivity contribution is 14.1. The summed E-state index contributed by atoms with van der Waals surface area (Å²) in [6.45, 7) is 2.16. The Balaban J connectivity index is 1.76. The maximum Gasteiger partial charge on any atom is 0.118 e. The van der Waals surface area contributed by atoms with E-state index in [4.69, 9.17) is 4.74 Å². The minimum absolute atomic E-state index is 0.537. The zero-order valence-electron chi connectivity index (χ0n) is 12.2. The summed E-state index contributed by atoms with van der Waals surface area (Å²) in [7, 11) is 1.71. The molecule has 0 spiro atoms. The highest BCUT2D eigenvalue weighted by Crippen LogP contribution is 2.36. The fraction of sp³-hybridized carbons (Fsp3) is 0.333. The lowest BCUT2D eigenvalue weighted by molar-refractivity contribution is 0.249. The fourth-order valence-corrected chi connectivity index (χ4v) is 4.00. The smallest absolute Gasteiger partial charge is 0.118 e. The zero-order valence-corrected chi connectivity index (χ0v) is 14.4. The van der Waals surface area contributed by atoms with Gasteiger partial charge in [-0.15, -0.1) is 0 Å². The molecule has 0 unspecified atom stereocenters. The second-order valence-corrected chi connectivity index (χ2v) is 7.30. The fourth-order valence-electron chi connectivity index (χ4n) is 3.01. The third kappa shape index (κ3) is 3.58. The van der Waals surface area contributed by atoms with E-state index in [-0.39, 0.29) is 0 Å². The van der Waals surface area contributed by atoms with Crippen LogP contribution in [0.2, 0.25) is 0 Å². The van der Waals surface area contributed by atoms with Crippen LogP contribution < -0.4 is 4.74 Å². The van der Waals surface area contributed by atoms with Crippen molar-refractivity contribution in [1.82, 2.24) is 4.90 Å². The molecule has 0 radical (unpaired) electrons. The zero-order chi connectivity index (χ0) is 14.7. The number of hydrogen-bond donors (Lipinski definition) is 0. The molecule has 0 aliphatic carbocycles. The lowest BCUT2D eigenvalue weighted by Crippen LogP contribution is -2.23. The molecule has 1 heterocycles. The Morgan fingerprint density at radius 3 is 2.48 bits per heavy atom. The molecule has 2 aromatic carbocycles. The average molecular weight is 393 g/mol. The van der Waals surface area contributed by atoms with Gasteiger partial charge in [0.1, 0.15) is 5.75 Å². The van der Waals surface area contributed by atoms with Crippen LogP contribution in [0.4, 0.5) is 0 Å². The van der Waals surface area contributed by atoms with Gasteiger partial charge in [-0.2, -0.15) is 0 Å². The van der Waals surface area contributed by atoms with Gasteiger partial charge in [0, 0.05) is 23.1 Å². The molecule has 1 fully saturated rings. The molecule has 0 amide bonds. The van der Waals surface area contributed by atoms with E-state index in [2.05, 4.69) is 70.0 Å². The van der Waals surface area contributed by atoms with Crippen LogP contribution in [0.1, 0.15) is 23.6 Å². The second-order valence-electron chi connectivity index (χ2n) is 5.54. The maximum absolute atomic E-state index is 5.23. The Bertz CT molecular complexity index is 570. The van der Waals surface area contributed by atoms with Gasteiger partial charge in [-0.05, 0) is 29.7 Å². The lowest BCUT2D eigenvalue weighted by atomic mass is 10.0. The van der Waals surface area contributed by atoms with E-state index in [9.17, 15) is 0 Å². The maximum atomic E-state index is 5.23. The second kappa shape index (κ2) is 6.79. The highest BCUT2D eigenvalue weighted by Gasteiger charge is 2.31. The predicted molar refractivity (Wildman–Crippen MR) is 95.0 cm³/mol. The molecular formula is C18H20INO. The predicted octanol–water partition coefficient (Wildman–Crippen LogP) is 4.45. The Morgan fingerprint density at radius 2 is 1.81 bits per heavy atom. The molecule has 1 aliphatic rings. The van der Waals surface area contributed by atoms with Crippen molar-refractivity contribution in [2.45, 2.75) is 22.9 Å². The van der Waals surface area contributed by atoms with Gasteiger partial charge in [0.15, 0.2) is 0 Å². The quantitative estimate of drug-likeness (QED) is 0.563. The van der Waals surface area contributed by atoms with Crippen molar-refractivity contribution in [3.05, 3.63) is 65.7 Å². The van der Waals surface area contributed by atoms with Crippen molar-refractivity contribution in [1.29, 1.82) is 0 Å². The molecule has 2 atom stereocenters. The molecule has 3 heteroatoms. The topological polar surface area (TPSA) is 12.5 Å². The number of halogens is 1. The molecule has 0 N–H and O–H groups in total. The summed E-state index contributed by atoms with van der Waals surface area (Å²) in [5.74, 6) is 0.923. The first-order valence-corrected chi connectivity index (χ1v) is 8.57. The van der Waals surface area contributed by atoms with E-state index in [0.29, 0.717) is 6.04 Å². The molecule has 2 aromatic rings. The van der Waals surface area contributed by atoms with Gasteiger partial charge in [0.05, 0.1) is 7.11 Å². The Hall–Kier alpha value is -1.07. The number of benzene rings is 2. The molecule has 2 nitrogen and oxygen atoms in total. The molecule has 3 rings (SSSR count). The van der Waals surface area contributed by atoms with Crippen molar-refractivity contribution >= 4 is 22.6 Å². The van der Waals surface area contributed by atoms with Gasteiger partial charge in [-0.1, -0.05) is 65.1 Å². The Kier molecular flexibility index (Phi) is 4.80. The molecule has 1 aliphatic heterocycles. The molecule has 0 saturated carbocycles. The SMILES string of the molecule is COc1ccc(CN2C[C@H](I)C[C@@H]2c2ccccc2)cc1. The summed E-state index contributed by atoms with van der Waals surface area (Å²) < 4.78 is 5.96. The number of methoxy groups -OCH3 is 1. The van der Waals surface area contributed by atoms with Gasteiger partial charge in [0.25, 0.3) is 0 Å². The van der Waals surface area contributed by atoms with E-state index in [1.807, 2.05) is 12.1 Å². The minimum atomic E-state index is 0.537. The van der Waals surface area contributed by atoms with Crippen LogP contribution in [0.3, 0.4) is 0 Å². The van der Waals surface area contributed by atoms with Gasteiger partial charge >= 0.3 is 0 Å². The normalized spacial score (nSPS) is 22.4. The molecular weight excluding hydrogens is 373 g/mol. The summed E-state index contributed by atoms with van der Waals surface area (Å²) in [4.78, 5) is 2.59. The molecule has 21 heavy (non-hydrogen) atoms. The summed E-state index contributed by atoms with van der Waals surface area (Å²) in [6.07, 6.45) is 1.24. The molecule has 1 saturated heterocycles. The molecule has 110 valence electrons. The van der Waals surface area contributed by atoms with E-state index in [1.54, 1.807) is 7.11 Å². The Labute approximate surface area is 140 Å². The van der Waals surface area contributed by atoms with E-state index in [1.165, 1.54) is 17.5 Å². The lowest BCUT2D eigenvalue weighted by Gasteiger charge is -2.24. The van der Waals surface area contributed by atoms with Crippen LogP contribution in [0.25, 0.3) is 0 Å². The highest BCUT2D eigenvalue weighted by atomic mass is 127. The van der Waals surface area contributed by atoms with Crippen LogP contribution in [0, 0.1) is 0 Å². The number of ether oxygens (including phenoxy) is 1. The first-order chi connectivity index (χ1) is 10.3. The standard InChI is InChI=1S/C18H20INO/c1-21-17-9-7-14(8-10-17)12-20-13-16(19)11-18(20)15-5-3-2-4-6-15/h2-10,16,18H,11-13H2,1H3/t16-,18-/m1/s1. The van der Waals surface area contributed by atoms with Crippen molar-refractivity contribution in [2.24, 2.45) is 0 Å². The van der Waals surface area contributed by atoms with E-state index >= 15 is 0 Å². The van der Waals surface area contributed by atoms with Gasteiger partial charge in [-0.3, -0.25) is 4.90 Å². The third-order valence-electron chi connectivity index (χ3n) is 4.08. The molecule has 0 bridgehead atoms. The first kappa shape index (κ1) is 14.9. The van der Waals surface area contributed by atoms with E-state index in [0.717, 1.165) is 22.8 Å². The third-order valence-corrected chi connectivity index (χ3v) is 4.98. The van der Waals surface area contributed by atoms with E-state index < -0.39 is 0 Å². The van der Waals surface area contributed by atoms with Crippen molar-refractivity contribution < 1.29 is 4.74 Å². The van der Waals surface area contributed by atoms with Crippen LogP contribution in [-0.2, 0) is 6.54 Å². The summed E-state index contributed by atoms with van der Waals surface area (Å²) in [5, 5.41) is 0. The summed E-state index contributed by atoms with van der Waals surface area (Å²) >= 11 is 2.58. The van der Waals surface area contributed by atoms with Crippen LogP contribution in [-0.4, -0.2) is 22.5 Å². The van der Waals surface area contributed by atoms with Gasteiger partial charge in [-0.25, -0.2) is 0 Å². The van der Waals surface area contributed by atoms with Crippen molar-refractivity contribution in [2.75, 3.05) is 13.7 Å².